The number of aliphatic hydroxyl groups is 2. The van der Waals surface area contributed by atoms with Crippen LogP contribution < -0.4 is 5.32 Å². The van der Waals surface area contributed by atoms with Crippen molar-refractivity contribution >= 4 is 0 Å². The molecule has 0 aromatic heterocycles. The minimum Gasteiger partial charge on any atom is -0.396 e. The minimum absolute atomic E-state index is 0.196. The number of hydrogen-bond acceptors (Lipinski definition) is 3. The third-order valence-electron chi connectivity index (χ3n) is 3.36. The Morgan fingerprint density at radius 2 is 2.06 bits per heavy atom. The van der Waals surface area contributed by atoms with Gasteiger partial charge in [0.25, 0.3) is 0 Å². The van der Waals surface area contributed by atoms with Crippen LogP contribution in [0.3, 0.4) is 0 Å². The van der Waals surface area contributed by atoms with Gasteiger partial charge in [0.05, 0.1) is 6.10 Å². The lowest BCUT2D eigenvalue weighted by Gasteiger charge is -2.13. The summed E-state index contributed by atoms with van der Waals surface area (Å²) >= 11 is 0. The second kappa shape index (κ2) is 6.15. The molecular formula is C14H21NO2. The Kier molecular flexibility index (Phi) is 4.54. The predicted octanol–water partition coefficient (Wildman–Crippen LogP) is 1.18. The van der Waals surface area contributed by atoms with Gasteiger partial charge in [-0.1, -0.05) is 18.2 Å². The summed E-state index contributed by atoms with van der Waals surface area (Å²) in [6.07, 6.45) is 3.86. The first-order valence-electron chi connectivity index (χ1n) is 6.42. The molecule has 0 fully saturated rings. The molecule has 0 saturated carbocycles. The monoisotopic (exact) mass is 235 g/mol. The van der Waals surface area contributed by atoms with Gasteiger partial charge in [0.15, 0.2) is 0 Å². The van der Waals surface area contributed by atoms with E-state index in [-0.39, 0.29) is 6.61 Å². The number of fused-ring (bicyclic) bond motifs is 1. The van der Waals surface area contributed by atoms with Crippen LogP contribution in [-0.4, -0.2) is 29.9 Å². The Labute approximate surface area is 102 Å². The van der Waals surface area contributed by atoms with E-state index in [9.17, 15) is 5.11 Å². The van der Waals surface area contributed by atoms with E-state index in [4.69, 9.17) is 5.11 Å². The molecular weight excluding hydrogens is 214 g/mol. The highest BCUT2D eigenvalue weighted by molar-refractivity contribution is 5.36. The molecule has 0 heterocycles. The molecule has 2 rings (SSSR count). The van der Waals surface area contributed by atoms with Gasteiger partial charge >= 0.3 is 0 Å². The zero-order valence-electron chi connectivity index (χ0n) is 10.2. The minimum atomic E-state index is -0.445. The fourth-order valence-electron chi connectivity index (χ4n) is 2.36. The zero-order chi connectivity index (χ0) is 12.1. The van der Waals surface area contributed by atoms with Crippen LogP contribution >= 0.6 is 0 Å². The first-order chi connectivity index (χ1) is 8.31. The molecule has 1 aliphatic carbocycles. The molecule has 1 aromatic rings. The average molecular weight is 235 g/mol. The van der Waals surface area contributed by atoms with Crippen LogP contribution in [0.1, 0.15) is 35.6 Å². The Morgan fingerprint density at radius 1 is 1.24 bits per heavy atom. The van der Waals surface area contributed by atoms with Crippen LogP contribution in [0.2, 0.25) is 0 Å². The van der Waals surface area contributed by atoms with Gasteiger partial charge in [0, 0.05) is 13.2 Å². The Balaban J connectivity index is 1.88. The molecule has 0 bridgehead atoms. The van der Waals surface area contributed by atoms with Crippen LogP contribution in [0.15, 0.2) is 18.2 Å². The molecule has 1 aliphatic rings. The van der Waals surface area contributed by atoms with Crippen molar-refractivity contribution in [2.75, 3.05) is 19.7 Å². The highest BCUT2D eigenvalue weighted by atomic mass is 16.3. The van der Waals surface area contributed by atoms with E-state index in [0.29, 0.717) is 6.54 Å². The van der Waals surface area contributed by atoms with Crippen molar-refractivity contribution in [2.24, 2.45) is 0 Å². The molecule has 3 nitrogen and oxygen atoms in total. The van der Waals surface area contributed by atoms with Crippen molar-refractivity contribution in [2.45, 2.75) is 31.8 Å². The predicted molar refractivity (Wildman–Crippen MR) is 68.0 cm³/mol. The number of rotatable bonds is 6. The highest BCUT2D eigenvalue weighted by Gasteiger charge is 2.13. The maximum atomic E-state index is 10.0. The van der Waals surface area contributed by atoms with Crippen molar-refractivity contribution < 1.29 is 10.2 Å². The summed E-state index contributed by atoms with van der Waals surface area (Å²) in [4.78, 5) is 0. The van der Waals surface area contributed by atoms with Crippen molar-refractivity contribution in [1.29, 1.82) is 0 Å². The van der Waals surface area contributed by atoms with E-state index in [1.807, 2.05) is 6.07 Å². The van der Waals surface area contributed by atoms with Gasteiger partial charge in [-0.2, -0.15) is 0 Å². The van der Waals surface area contributed by atoms with Crippen molar-refractivity contribution in [1.82, 2.24) is 5.32 Å². The number of hydrogen-bond donors (Lipinski definition) is 3. The normalized spacial score (nSPS) is 15.9. The smallest absolute Gasteiger partial charge is 0.0914 e. The summed E-state index contributed by atoms with van der Waals surface area (Å²) in [6, 6.07) is 6.32. The number of benzene rings is 1. The third-order valence-corrected chi connectivity index (χ3v) is 3.36. The lowest BCUT2D eigenvalue weighted by Crippen LogP contribution is -2.23. The summed E-state index contributed by atoms with van der Waals surface area (Å²) in [5, 5.41) is 21.8. The van der Waals surface area contributed by atoms with Gasteiger partial charge in [-0.3, -0.25) is 0 Å². The van der Waals surface area contributed by atoms with Crippen LogP contribution in [0.4, 0.5) is 0 Å². The maximum absolute atomic E-state index is 10.0. The van der Waals surface area contributed by atoms with Crippen LogP contribution in [0.5, 0.6) is 0 Å². The van der Waals surface area contributed by atoms with E-state index in [2.05, 4.69) is 17.4 Å². The molecule has 0 spiro atoms. The molecule has 1 aromatic carbocycles. The first-order valence-corrected chi connectivity index (χ1v) is 6.42. The molecule has 17 heavy (non-hydrogen) atoms. The van der Waals surface area contributed by atoms with Gasteiger partial charge in [0.2, 0.25) is 0 Å². The fraction of sp³-hybridized carbons (Fsp3) is 0.571. The Morgan fingerprint density at radius 3 is 2.88 bits per heavy atom. The third kappa shape index (κ3) is 3.28. The van der Waals surface area contributed by atoms with Crippen LogP contribution in [0.25, 0.3) is 0 Å². The lowest BCUT2D eigenvalue weighted by atomic mass is 10.0. The van der Waals surface area contributed by atoms with Gasteiger partial charge in [-0.25, -0.2) is 0 Å². The first kappa shape index (κ1) is 12.6. The Hall–Kier alpha value is -0.900. The van der Waals surface area contributed by atoms with Crippen LogP contribution in [-0.2, 0) is 12.8 Å². The number of nitrogens with one attached hydrogen (secondary N) is 1. The SMILES string of the molecule is OCCCNCC(O)c1ccc2c(c1)CCC2. The highest BCUT2D eigenvalue weighted by Crippen LogP contribution is 2.25. The van der Waals surface area contributed by atoms with E-state index < -0.39 is 6.10 Å². The summed E-state index contributed by atoms with van der Waals surface area (Å²) < 4.78 is 0. The molecule has 0 amide bonds. The van der Waals surface area contributed by atoms with Crippen molar-refractivity contribution in [3.8, 4) is 0 Å². The summed E-state index contributed by atoms with van der Waals surface area (Å²) in [5.41, 5.74) is 3.84. The van der Waals surface area contributed by atoms with Gasteiger partial charge in [-0.15, -0.1) is 0 Å². The second-order valence-corrected chi connectivity index (χ2v) is 4.68. The largest absolute Gasteiger partial charge is 0.396 e. The summed E-state index contributed by atoms with van der Waals surface area (Å²) in [7, 11) is 0. The van der Waals surface area contributed by atoms with Crippen LogP contribution in [0, 0.1) is 0 Å². The van der Waals surface area contributed by atoms with Crippen molar-refractivity contribution in [3.05, 3.63) is 34.9 Å². The molecule has 1 unspecified atom stereocenters. The summed E-state index contributed by atoms with van der Waals surface area (Å²) in [6.45, 7) is 1.50. The fourth-order valence-corrected chi connectivity index (χ4v) is 2.36. The topological polar surface area (TPSA) is 52.5 Å². The number of aryl methyl sites for hydroxylation is 2. The average Bonchev–Trinajstić information content (AvgIpc) is 2.81. The van der Waals surface area contributed by atoms with Crippen molar-refractivity contribution in [3.63, 3.8) is 0 Å². The molecule has 0 saturated heterocycles. The second-order valence-electron chi connectivity index (χ2n) is 4.68. The number of aliphatic hydroxyl groups excluding tert-OH is 2. The molecule has 94 valence electrons. The zero-order valence-corrected chi connectivity index (χ0v) is 10.2. The van der Waals surface area contributed by atoms with Gasteiger partial charge in [0.1, 0.15) is 0 Å². The molecule has 0 aliphatic heterocycles. The summed E-state index contributed by atoms with van der Waals surface area (Å²) in [5.74, 6) is 0. The Bertz CT molecular complexity index is 365. The standard InChI is InChI=1S/C14H21NO2/c16-8-2-7-15-10-14(17)13-6-5-11-3-1-4-12(11)9-13/h5-6,9,14-17H,1-4,7-8,10H2. The molecule has 3 heteroatoms. The molecule has 0 radical (unpaired) electrons. The van der Waals surface area contributed by atoms with E-state index in [1.54, 1.807) is 0 Å². The van der Waals surface area contributed by atoms with E-state index >= 15 is 0 Å². The molecule has 3 N–H and O–H groups in total. The molecule has 1 atom stereocenters. The quantitative estimate of drug-likeness (QED) is 0.649. The maximum Gasteiger partial charge on any atom is 0.0914 e. The van der Waals surface area contributed by atoms with E-state index in [0.717, 1.165) is 24.9 Å². The van der Waals surface area contributed by atoms with E-state index in [1.165, 1.54) is 24.0 Å². The van der Waals surface area contributed by atoms with Gasteiger partial charge < -0.3 is 15.5 Å². The van der Waals surface area contributed by atoms with Gasteiger partial charge in [-0.05, 0) is 48.9 Å². The lowest BCUT2D eigenvalue weighted by molar-refractivity contribution is 0.173.